The molecule has 29 heavy (non-hydrogen) atoms. The van der Waals surface area contributed by atoms with Crippen molar-refractivity contribution in [1.29, 1.82) is 0 Å². The van der Waals surface area contributed by atoms with Crippen LogP contribution in [0.5, 0.6) is 5.88 Å². The van der Waals surface area contributed by atoms with E-state index in [4.69, 9.17) is 23.2 Å². The Morgan fingerprint density at radius 1 is 1.14 bits per heavy atom. The summed E-state index contributed by atoms with van der Waals surface area (Å²) in [6, 6.07) is 11.4. The summed E-state index contributed by atoms with van der Waals surface area (Å²) < 4.78 is 1.26. The first-order valence-corrected chi connectivity index (χ1v) is 10.3. The highest BCUT2D eigenvalue weighted by atomic mass is 35.5. The Morgan fingerprint density at radius 2 is 1.83 bits per heavy atom. The molecule has 0 radical (unpaired) electrons. The molecule has 0 bridgehead atoms. The fourth-order valence-electron chi connectivity index (χ4n) is 2.73. The molecule has 0 aliphatic heterocycles. The molecule has 0 fully saturated rings. The van der Waals surface area contributed by atoms with Crippen molar-refractivity contribution in [1.82, 2.24) is 9.55 Å². The van der Waals surface area contributed by atoms with Gasteiger partial charge in [0, 0.05) is 5.69 Å². The van der Waals surface area contributed by atoms with Gasteiger partial charge in [0.25, 0.3) is 5.56 Å². The van der Waals surface area contributed by atoms with Gasteiger partial charge in [-0.15, -0.1) is 0 Å². The monoisotopic (exact) mass is 449 g/mol. The Hall–Kier alpha value is -2.48. The van der Waals surface area contributed by atoms with Crippen LogP contribution in [0.4, 0.5) is 5.69 Å². The molecule has 3 rings (SSSR count). The van der Waals surface area contributed by atoms with Crippen LogP contribution in [0.25, 0.3) is 5.69 Å². The molecule has 1 amide bonds. The summed E-state index contributed by atoms with van der Waals surface area (Å²) in [5.41, 5.74) is 2.57. The molecule has 3 aromatic rings. The summed E-state index contributed by atoms with van der Waals surface area (Å²) in [5, 5.41) is 13.4. The molecule has 0 unspecified atom stereocenters. The number of para-hydroxylation sites is 1. The van der Waals surface area contributed by atoms with Gasteiger partial charge in [0.1, 0.15) is 0 Å². The van der Waals surface area contributed by atoms with Gasteiger partial charge in [0.05, 0.1) is 27.6 Å². The smallest absolute Gasteiger partial charge is 0.262 e. The molecule has 6 nitrogen and oxygen atoms in total. The van der Waals surface area contributed by atoms with Crippen LogP contribution in [0.2, 0.25) is 10.0 Å². The van der Waals surface area contributed by atoms with Gasteiger partial charge in [-0.2, -0.15) is 4.98 Å². The molecule has 0 aliphatic rings. The van der Waals surface area contributed by atoms with E-state index < -0.39 is 11.4 Å². The van der Waals surface area contributed by atoms with Gasteiger partial charge in [-0.05, 0) is 43.2 Å². The van der Waals surface area contributed by atoms with Crippen LogP contribution in [0.1, 0.15) is 11.1 Å². The van der Waals surface area contributed by atoms with Crippen molar-refractivity contribution in [3.8, 4) is 11.6 Å². The van der Waals surface area contributed by atoms with E-state index in [-0.39, 0.29) is 21.8 Å². The van der Waals surface area contributed by atoms with Crippen molar-refractivity contribution in [2.75, 3.05) is 11.1 Å². The zero-order chi connectivity index (χ0) is 21.1. The number of halogens is 2. The number of thioether (sulfide) groups is 1. The number of nitrogens with one attached hydrogen (secondary N) is 1. The van der Waals surface area contributed by atoms with Gasteiger partial charge in [-0.25, -0.2) is 0 Å². The topological polar surface area (TPSA) is 84.2 Å². The third-order valence-corrected chi connectivity index (χ3v) is 5.79. The molecule has 9 heteroatoms. The maximum Gasteiger partial charge on any atom is 0.262 e. The minimum Gasteiger partial charge on any atom is -0.493 e. The number of aromatic hydroxyl groups is 1. The van der Waals surface area contributed by atoms with Crippen molar-refractivity contribution >= 4 is 46.6 Å². The molecular weight excluding hydrogens is 433 g/mol. The highest BCUT2D eigenvalue weighted by Crippen LogP contribution is 2.27. The van der Waals surface area contributed by atoms with E-state index in [9.17, 15) is 14.7 Å². The fraction of sp³-hybridized carbons (Fsp3) is 0.150. The average Bonchev–Trinajstić information content (AvgIpc) is 2.65. The molecular formula is C20H17Cl2N3O3S. The minimum absolute atomic E-state index is 0.00894. The minimum atomic E-state index is -0.506. The number of carbonyl (C=O) groups excluding carboxylic acids is 1. The second-order valence-corrected chi connectivity index (χ2v) is 8.03. The Balaban J connectivity index is 1.86. The summed E-state index contributed by atoms with van der Waals surface area (Å²) >= 11 is 13.0. The maximum absolute atomic E-state index is 12.5. The zero-order valence-corrected chi connectivity index (χ0v) is 17.9. The zero-order valence-electron chi connectivity index (χ0n) is 15.6. The van der Waals surface area contributed by atoms with Crippen LogP contribution < -0.4 is 10.9 Å². The number of anilines is 1. The van der Waals surface area contributed by atoms with Crippen LogP contribution in [0.3, 0.4) is 0 Å². The molecule has 150 valence electrons. The molecule has 1 heterocycles. The summed E-state index contributed by atoms with van der Waals surface area (Å²) in [6.07, 6.45) is 0. The standard InChI is InChI=1S/C20H17Cl2N3O3S/c1-11-4-3-5-12(2)19(11)23-17(27)10-29-20-24-16(26)9-18(28)25(20)13-6-7-14(21)15(22)8-13/h3-9,26H,10H2,1-2H3,(H,23,27). The lowest BCUT2D eigenvalue weighted by Crippen LogP contribution is -2.22. The molecule has 1 aromatic heterocycles. The highest BCUT2D eigenvalue weighted by molar-refractivity contribution is 7.99. The highest BCUT2D eigenvalue weighted by Gasteiger charge is 2.15. The van der Waals surface area contributed by atoms with E-state index in [1.165, 1.54) is 10.6 Å². The third-order valence-electron chi connectivity index (χ3n) is 4.11. The third kappa shape index (κ3) is 4.93. The van der Waals surface area contributed by atoms with Gasteiger partial charge in [0.2, 0.25) is 11.8 Å². The lowest BCUT2D eigenvalue weighted by molar-refractivity contribution is -0.113. The van der Waals surface area contributed by atoms with Crippen molar-refractivity contribution in [2.45, 2.75) is 19.0 Å². The first-order chi connectivity index (χ1) is 13.8. The number of aryl methyl sites for hydroxylation is 2. The van der Waals surface area contributed by atoms with Crippen LogP contribution in [-0.2, 0) is 4.79 Å². The SMILES string of the molecule is Cc1cccc(C)c1NC(=O)CSc1nc(O)cc(=O)n1-c1ccc(Cl)c(Cl)c1. The molecule has 0 aliphatic carbocycles. The van der Waals surface area contributed by atoms with Crippen molar-refractivity contribution in [3.63, 3.8) is 0 Å². The summed E-state index contributed by atoms with van der Waals surface area (Å²) in [7, 11) is 0. The van der Waals surface area contributed by atoms with Crippen LogP contribution >= 0.6 is 35.0 Å². The number of benzene rings is 2. The normalized spacial score (nSPS) is 10.8. The second-order valence-electron chi connectivity index (χ2n) is 6.27. The Kier molecular flexibility index (Phi) is 6.52. The van der Waals surface area contributed by atoms with E-state index in [0.717, 1.165) is 34.6 Å². The van der Waals surface area contributed by atoms with Crippen molar-refractivity contribution in [3.05, 3.63) is 74.0 Å². The van der Waals surface area contributed by atoms with E-state index >= 15 is 0 Å². The number of aromatic nitrogens is 2. The van der Waals surface area contributed by atoms with Crippen LogP contribution in [0, 0.1) is 13.8 Å². The number of rotatable bonds is 5. The number of nitrogens with zero attached hydrogens (tertiary/aromatic N) is 2. The van der Waals surface area contributed by atoms with Gasteiger partial charge in [0.15, 0.2) is 5.16 Å². The van der Waals surface area contributed by atoms with Crippen LogP contribution in [0.15, 0.2) is 52.4 Å². The lowest BCUT2D eigenvalue weighted by Gasteiger charge is -2.13. The molecule has 0 spiro atoms. The first kappa shape index (κ1) is 21.2. The number of carbonyl (C=O) groups is 1. The van der Waals surface area contributed by atoms with E-state index in [2.05, 4.69) is 10.3 Å². The molecule has 0 saturated carbocycles. The number of amides is 1. The average molecular weight is 450 g/mol. The number of hydrogen-bond acceptors (Lipinski definition) is 5. The lowest BCUT2D eigenvalue weighted by atomic mass is 10.1. The predicted molar refractivity (Wildman–Crippen MR) is 117 cm³/mol. The number of hydrogen-bond donors (Lipinski definition) is 2. The molecule has 2 N–H and O–H groups in total. The van der Waals surface area contributed by atoms with E-state index in [0.29, 0.717) is 10.7 Å². The van der Waals surface area contributed by atoms with Gasteiger partial charge in [-0.1, -0.05) is 53.2 Å². The predicted octanol–water partition coefficient (Wildman–Crippen LogP) is 4.59. The Bertz CT molecular complexity index is 1130. The summed E-state index contributed by atoms with van der Waals surface area (Å²) in [4.78, 5) is 28.9. The quantitative estimate of drug-likeness (QED) is 0.439. The van der Waals surface area contributed by atoms with Crippen LogP contribution in [-0.4, -0.2) is 26.3 Å². The first-order valence-electron chi connectivity index (χ1n) is 8.53. The van der Waals surface area contributed by atoms with Gasteiger partial charge < -0.3 is 10.4 Å². The van der Waals surface area contributed by atoms with Crippen molar-refractivity contribution < 1.29 is 9.90 Å². The molecule has 0 saturated heterocycles. The largest absolute Gasteiger partial charge is 0.493 e. The fourth-order valence-corrected chi connectivity index (χ4v) is 3.83. The van der Waals surface area contributed by atoms with E-state index in [1.54, 1.807) is 12.1 Å². The Labute approximate surface area is 181 Å². The van der Waals surface area contributed by atoms with Gasteiger partial charge >= 0.3 is 0 Å². The van der Waals surface area contributed by atoms with Crippen molar-refractivity contribution in [2.24, 2.45) is 0 Å². The second kappa shape index (κ2) is 8.90. The summed E-state index contributed by atoms with van der Waals surface area (Å²) in [6.45, 7) is 3.82. The Morgan fingerprint density at radius 3 is 2.48 bits per heavy atom. The summed E-state index contributed by atoms with van der Waals surface area (Å²) in [5.74, 6) is -0.694. The van der Waals surface area contributed by atoms with E-state index in [1.807, 2.05) is 32.0 Å². The molecule has 0 atom stereocenters. The molecule has 2 aromatic carbocycles. The van der Waals surface area contributed by atoms with Gasteiger partial charge in [-0.3, -0.25) is 14.2 Å². The maximum atomic E-state index is 12.5.